The molecule has 2 aromatic carbocycles. The summed E-state index contributed by atoms with van der Waals surface area (Å²) in [7, 11) is 0. The molecule has 3 heteroatoms. The van der Waals surface area contributed by atoms with Gasteiger partial charge in [-0.3, -0.25) is 0 Å². The fourth-order valence-corrected chi connectivity index (χ4v) is 3.72. The van der Waals surface area contributed by atoms with Crippen molar-refractivity contribution in [3.63, 3.8) is 0 Å². The number of ether oxygens (including phenoxy) is 1. The van der Waals surface area contributed by atoms with Crippen molar-refractivity contribution in [2.24, 2.45) is 11.7 Å². The molecular formula is C21H28ClNO. The zero-order chi connectivity index (χ0) is 16.2. The molecule has 0 saturated heterocycles. The summed E-state index contributed by atoms with van der Waals surface area (Å²) < 4.78 is 6.07. The number of nitrogens with two attached hydrogens (primary N) is 1. The number of hydrogen-bond donors (Lipinski definition) is 1. The zero-order valence-corrected chi connectivity index (χ0v) is 15.4. The standard InChI is InChI=1S/C21H27NO.ClH/c1-15-12-19(20(22)18-10-6-7-11-18)13-16(2)21(15)23-14-17-8-4-3-5-9-17;/h3-5,8-9,12-13,18,20H,6-7,10-11,14,22H2,1-2H3;1H/t20-;/m1./s1. The van der Waals surface area contributed by atoms with E-state index in [2.05, 4.69) is 38.1 Å². The van der Waals surface area contributed by atoms with Crippen LogP contribution in [0.5, 0.6) is 5.75 Å². The maximum Gasteiger partial charge on any atom is 0.125 e. The van der Waals surface area contributed by atoms with Gasteiger partial charge in [-0.05, 0) is 54.9 Å². The summed E-state index contributed by atoms with van der Waals surface area (Å²) in [4.78, 5) is 0. The molecule has 0 heterocycles. The van der Waals surface area contributed by atoms with Crippen molar-refractivity contribution >= 4 is 12.4 Å². The van der Waals surface area contributed by atoms with Crippen LogP contribution in [0.3, 0.4) is 0 Å². The fraction of sp³-hybridized carbons (Fsp3) is 0.429. The Bertz CT molecular complexity index is 627. The van der Waals surface area contributed by atoms with E-state index in [0.717, 1.165) is 5.75 Å². The Morgan fingerprint density at radius 3 is 2.21 bits per heavy atom. The number of aryl methyl sites for hydroxylation is 2. The van der Waals surface area contributed by atoms with Crippen molar-refractivity contribution in [2.45, 2.75) is 52.2 Å². The molecule has 0 radical (unpaired) electrons. The first-order chi connectivity index (χ1) is 11.1. The van der Waals surface area contributed by atoms with Gasteiger partial charge in [0.1, 0.15) is 12.4 Å². The van der Waals surface area contributed by atoms with Gasteiger partial charge in [0.2, 0.25) is 0 Å². The number of rotatable bonds is 5. The van der Waals surface area contributed by atoms with E-state index in [-0.39, 0.29) is 18.4 Å². The molecule has 2 N–H and O–H groups in total. The third-order valence-corrected chi connectivity index (χ3v) is 5.00. The molecule has 0 bridgehead atoms. The molecule has 0 aromatic heterocycles. The molecule has 2 nitrogen and oxygen atoms in total. The largest absolute Gasteiger partial charge is 0.488 e. The van der Waals surface area contributed by atoms with Crippen molar-refractivity contribution in [3.05, 3.63) is 64.7 Å². The van der Waals surface area contributed by atoms with Crippen molar-refractivity contribution in [3.8, 4) is 5.75 Å². The number of hydrogen-bond acceptors (Lipinski definition) is 2. The summed E-state index contributed by atoms with van der Waals surface area (Å²) in [5, 5.41) is 0. The minimum absolute atomic E-state index is 0. The van der Waals surface area contributed by atoms with Crippen LogP contribution in [-0.4, -0.2) is 0 Å². The van der Waals surface area contributed by atoms with E-state index in [1.807, 2.05) is 18.2 Å². The van der Waals surface area contributed by atoms with E-state index in [0.29, 0.717) is 12.5 Å². The Morgan fingerprint density at radius 1 is 1.04 bits per heavy atom. The van der Waals surface area contributed by atoms with Crippen molar-refractivity contribution in [2.75, 3.05) is 0 Å². The summed E-state index contributed by atoms with van der Waals surface area (Å²) >= 11 is 0. The van der Waals surface area contributed by atoms with E-state index >= 15 is 0 Å². The van der Waals surface area contributed by atoms with E-state index in [1.165, 1.54) is 47.9 Å². The Labute approximate surface area is 151 Å². The van der Waals surface area contributed by atoms with Crippen LogP contribution < -0.4 is 10.5 Å². The molecule has 0 spiro atoms. The van der Waals surface area contributed by atoms with Crippen LogP contribution in [-0.2, 0) is 6.61 Å². The highest BCUT2D eigenvalue weighted by molar-refractivity contribution is 5.85. The molecule has 1 aliphatic rings. The quantitative estimate of drug-likeness (QED) is 0.777. The fourth-order valence-electron chi connectivity index (χ4n) is 3.72. The van der Waals surface area contributed by atoms with Gasteiger partial charge in [-0.1, -0.05) is 55.3 Å². The Kier molecular flexibility index (Phi) is 6.70. The molecule has 1 fully saturated rings. The van der Waals surface area contributed by atoms with Crippen molar-refractivity contribution < 1.29 is 4.74 Å². The molecule has 1 aliphatic carbocycles. The van der Waals surface area contributed by atoms with Gasteiger partial charge >= 0.3 is 0 Å². The molecule has 1 saturated carbocycles. The topological polar surface area (TPSA) is 35.2 Å². The summed E-state index contributed by atoms with van der Waals surface area (Å²) in [5.41, 5.74) is 11.3. The van der Waals surface area contributed by atoms with Gasteiger partial charge in [0.25, 0.3) is 0 Å². The summed E-state index contributed by atoms with van der Waals surface area (Å²) in [6.45, 7) is 4.85. The van der Waals surface area contributed by atoms with Crippen LogP contribution in [0, 0.1) is 19.8 Å². The number of halogens is 1. The SMILES string of the molecule is Cc1cc([C@H](N)C2CCCC2)cc(C)c1OCc1ccccc1.Cl. The molecule has 1 atom stereocenters. The Balaban J connectivity index is 0.00000208. The second-order valence-electron chi connectivity index (χ2n) is 6.83. The first-order valence-electron chi connectivity index (χ1n) is 8.68. The summed E-state index contributed by atoms with van der Waals surface area (Å²) in [6, 6.07) is 14.9. The Morgan fingerprint density at radius 2 is 1.62 bits per heavy atom. The van der Waals surface area contributed by atoms with Gasteiger partial charge in [-0.15, -0.1) is 12.4 Å². The lowest BCUT2D eigenvalue weighted by atomic mass is 9.90. The van der Waals surface area contributed by atoms with Crippen molar-refractivity contribution in [1.29, 1.82) is 0 Å². The molecule has 3 rings (SSSR count). The Hall–Kier alpha value is -1.51. The minimum Gasteiger partial charge on any atom is -0.488 e. The zero-order valence-electron chi connectivity index (χ0n) is 14.6. The first kappa shape index (κ1) is 18.8. The van der Waals surface area contributed by atoms with E-state index in [4.69, 9.17) is 10.5 Å². The van der Waals surface area contributed by atoms with E-state index < -0.39 is 0 Å². The van der Waals surface area contributed by atoms with Crippen LogP contribution in [0.15, 0.2) is 42.5 Å². The lowest BCUT2D eigenvalue weighted by Gasteiger charge is -2.22. The van der Waals surface area contributed by atoms with Crippen LogP contribution in [0.2, 0.25) is 0 Å². The molecule has 0 aliphatic heterocycles. The smallest absolute Gasteiger partial charge is 0.125 e. The highest BCUT2D eigenvalue weighted by Gasteiger charge is 2.24. The normalized spacial score (nSPS) is 15.8. The van der Waals surface area contributed by atoms with Gasteiger partial charge < -0.3 is 10.5 Å². The minimum atomic E-state index is 0. The monoisotopic (exact) mass is 345 g/mol. The summed E-state index contributed by atoms with van der Waals surface area (Å²) in [6.07, 6.45) is 5.19. The van der Waals surface area contributed by atoms with Gasteiger partial charge in [0.15, 0.2) is 0 Å². The predicted octanol–water partition coefficient (Wildman–Crippen LogP) is 5.49. The second kappa shape index (κ2) is 8.55. The van der Waals surface area contributed by atoms with Gasteiger partial charge in [0.05, 0.1) is 0 Å². The van der Waals surface area contributed by atoms with E-state index in [9.17, 15) is 0 Å². The molecule has 24 heavy (non-hydrogen) atoms. The maximum absolute atomic E-state index is 6.51. The highest BCUT2D eigenvalue weighted by Crippen LogP contribution is 2.36. The average Bonchev–Trinajstić information content (AvgIpc) is 3.08. The molecule has 0 amide bonds. The third-order valence-electron chi connectivity index (χ3n) is 5.00. The van der Waals surface area contributed by atoms with Crippen LogP contribution in [0.1, 0.15) is 54.0 Å². The molecule has 130 valence electrons. The lowest BCUT2D eigenvalue weighted by molar-refractivity contribution is 0.301. The third kappa shape index (κ3) is 4.31. The average molecular weight is 346 g/mol. The van der Waals surface area contributed by atoms with Crippen LogP contribution >= 0.6 is 12.4 Å². The number of benzene rings is 2. The molecule has 0 unspecified atom stereocenters. The van der Waals surface area contributed by atoms with Crippen molar-refractivity contribution in [1.82, 2.24) is 0 Å². The molecule has 2 aromatic rings. The van der Waals surface area contributed by atoms with Gasteiger partial charge in [0, 0.05) is 6.04 Å². The first-order valence-corrected chi connectivity index (χ1v) is 8.68. The highest BCUT2D eigenvalue weighted by atomic mass is 35.5. The maximum atomic E-state index is 6.51. The van der Waals surface area contributed by atoms with Gasteiger partial charge in [-0.2, -0.15) is 0 Å². The van der Waals surface area contributed by atoms with E-state index in [1.54, 1.807) is 0 Å². The van der Waals surface area contributed by atoms with Crippen LogP contribution in [0.25, 0.3) is 0 Å². The second-order valence-corrected chi connectivity index (χ2v) is 6.83. The van der Waals surface area contributed by atoms with Crippen LogP contribution in [0.4, 0.5) is 0 Å². The lowest BCUT2D eigenvalue weighted by Crippen LogP contribution is -2.19. The predicted molar refractivity (Wildman–Crippen MR) is 103 cm³/mol. The molecular weight excluding hydrogens is 318 g/mol. The van der Waals surface area contributed by atoms with Gasteiger partial charge in [-0.25, -0.2) is 0 Å². The summed E-state index contributed by atoms with van der Waals surface area (Å²) in [5.74, 6) is 1.64.